The minimum atomic E-state index is 0.421. The highest BCUT2D eigenvalue weighted by molar-refractivity contribution is 5.28. The Bertz CT molecular complexity index is 324. The average Bonchev–Trinajstić information content (AvgIpc) is 2.72. The van der Waals surface area contributed by atoms with Crippen LogP contribution in [-0.4, -0.2) is 17.6 Å². The van der Waals surface area contributed by atoms with E-state index < -0.39 is 0 Å². The van der Waals surface area contributed by atoms with Crippen molar-refractivity contribution in [2.45, 2.75) is 43.6 Å². The van der Waals surface area contributed by atoms with Gasteiger partial charge in [0.1, 0.15) is 0 Å². The van der Waals surface area contributed by atoms with Gasteiger partial charge in [0.15, 0.2) is 0 Å². The molecule has 2 aliphatic rings. The summed E-state index contributed by atoms with van der Waals surface area (Å²) in [4.78, 5) is 4.28. The van der Waals surface area contributed by atoms with Crippen LogP contribution < -0.4 is 5.32 Å². The average molecular weight is 202 g/mol. The Balaban J connectivity index is 1.92. The van der Waals surface area contributed by atoms with E-state index in [1.54, 1.807) is 0 Å². The number of aromatic nitrogens is 1. The van der Waals surface area contributed by atoms with Crippen molar-refractivity contribution in [1.82, 2.24) is 10.3 Å². The summed E-state index contributed by atoms with van der Waals surface area (Å²) in [5.74, 6) is 0. The maximum Gasteiger partial charge on any atom is 0.0306 e. The maximum atomic E-state index is 4.28. The van der Waals surface area contributed by atoms with Crippen molar-refractivity contribution in [2.75, 3.05) is 6.54 Å². The number of nitrogens with zero attached hydrogens (tertiary/aromatic N) is 1. The predicted octanol–water partition coefficient (Wildman–Crippen LogP) is 2.26. The fraction of sp³-hybridized carbons (Fsp3) is 0.615. The van der Waals surface area contributed by atoms with Crippen molar-refractivity contribution >= 4 is 0 Å². The molecule has 1 aromatic heterocycles. The van der Waals surface area contributed by atoms with Gasteiger partial charge in [-0.1, -0.05) is 12.5 Å². The smallest absolute Gasteiger partial charge is 0.0306 e. The van der Waals surface area contributed by atoms with Gasteiger partial charge in [0, 0.05) is 23.9 Å². The zero-order chi connectivity index (χ0) is 10.1. The standard InChI is InChI=1S/C13H18N2/c1-4-11(10-14-8-1)13(6-3-7-13)12-5-2-9-15-12/h1,4,8,10,12,15H,2-3,5-7,9H2. The largest absolute Gasteiger partial charge is 0.313 e. The third kappa shape index (κ3) is 1.39. The summed E-state index contributed by atoms with van der Waals surface area (Å²) in [5.41, 5.74) is 1.88. The Morgan fingerprint density at radius 2 is 2.27 bits per heavy atom. The van der Waals surface area contributed by atoms with Gasteiger partial charge in [0.05, 0.1) is 0 Å². The van der Waals surface area contributed by atoms with E-state index in [1.807, 2.05) is 6.20 Å². The topological polar surface area (TPSA) is 24.9 Å². The van der Waals surface area contributed by atoms with Crippen LogP contribution in [0.2, 0.25) is 0 Å². The predicted molar refractivity (Wildman–Crippen MR) is 60.8 cm³/mol. The van der Waals surface area contributed by atoms with Crippen LogP contribution >= 0.6 is 0 Å². The molecule has 1 aromatic rings. The van der Waals surface area contributed by atoms with Gasteiger partial charge < -0.3 is 5.32 Å². The Hall–Kier alpha value is -0.890. The van der Waals surface area contributed by atoms with Gasteiger partial charge in [0.25, 0.3) is 0 Å². The van der Waals surface area contributed by atoms with E-state index in [4.69, 9.17) is 0 Å². The van der Waals surface area contributed by atoms with Gasteiger partial charge in [-0.3, -0.25) is 4.98 Å². The van der Waals surface area contributed by atoms with Gasteiger partial charge in [-0.05, 0) is 43.9 Å². The van der Waals surface area contributed by atoms with Crippen molar-refractivity contribution in [3.63, 3.8) is 0 Å². The van der Waals surface area contributed by atoms with Crippen LogP contribution in [0.25, 0.3) is 0 Å². The molecule has 2 nitrogen and oxygen atoms in total. The van der Waals surface area contributed by atoms with Crippen molar-refractivity contribution < 1.29 is 0 Å². The van der Waals surface area contributed by atoms with Crippen molar-refractivity contribution in [3.05, 3.63) is 30.1 Å². The SMILES string of the molecule is c1cncc(C2(C3CCCN3)CCC2)c1. The third-order valence-electron chi connectivity index (χ3n) is 4.21. The molecule has 2 heteroatoms. The summed E-state index contributed by atoms with van der Waals surface area (Å²) >= 11 is 0. The number of pyridine rings is 1. The Labute approximate surface area is 91.1 Å². The van der Waals surface area contributed by atoms with Crippen LogP contribution in [0, 0.1) is 0 Å². The highest BCUT2D eigenvalue weighted by Gasteiger charge is 2.46. The Morgan fingerprint density at radius 1 is 1.33 bits per heavy atom. The number of nitrogens with one attached hydrogen (secondary N) is 1. The lowest BCUT2D eigenvalue weighted by atomic mass is 9.60. The second-order valence-corrected chi connectivity index (χ2v) is 4.90. The minimum absolute atomic E-state index is 0.421. The molecule has 15 heavy (non-hydrogen) atoms. The minimum Gasteiger partial charge on any atom is -0.313 e. The summed E-state index contributed by atoms with van der Waals surface area (Å²) in [6.07, 6.45) is 10.7. The molecule has 2 fully saturated rings. The van der Waals surface area contributed by atoms with E-state index in [-0.39, 0.29) is 0 Å². The molecule has 1 saturated heterocycles. The van der Waals surface area contributed by atoms with Gasteiger partial charge in [-0.25, -0.2) is 0 Å². The van der Waals surface area contributed by atoms with Crippen LogP contribution in [0.15, 0.2) is 24.5 Å². The summed E-state index contributed by atoms with van der Waals surface area (Å²) < 4.78 is 0. The zero-order valence-corrected chi connectivity index (χ0v) is 9.08. The van der Waals surface area contributed by atoms with Gasteiger partial charge in [-0.15, -0.1) is 0 Å². The molecule has 1 aliphatic heterocycles. The summed E-state index contributed by atoms with van der Waals surface area (Å²) in [6.45, 7) is 1.20. The number of rotatable bonds is 2. The Kier molecular flexibility index (Phi) is 2.24. The molecule has 0 bridgehead atoms. The van der Waals surface area contributed by atoms with Gasteiger partial charge >= 0.3 is 0 Å². The van der Waals surface area contributed by atoms with Crippen LogP contribution in [-0.2, 0) is 5.41 Å². The molecule has 1 atom stereocenters. The molecular formula is C13H18N2. The first-order valence-electron chi connectivity index (χ1n) is 6.06. The van der Waals surface area contributed by atoms with E-state index in [2.05, 4.69) is 28.6 Å². The molecule has 3 rings (SSSR count). The first kappa shape index (κ1) is 9.34. The fourth-order valence-electron chi connectivity index (χ4n) is 3.21. The lowest BCUT2D eigenvalue weighted by Gasteiger charge is -2.47. The lowest BCUT2D eigenvalue weighted by molar-refractivity contribution is 0.181. The highest BCUT2D eigenvalue weighted by atomic mass is 15.0. The van der Waals surface area contributed by atoms with Crippen molar-refractivity contribution in [1.29, 1.82) is 0 Å². The molecular weight excluding hydrogens is 184 g/mol. The normalized spacial score (nSPS) is 28.7. The van der Waals surface area contributed by atoms with E-state index in [1.165, 1.54) is 44.2 Å². The van der Waals surface area contributed by atoms with E-state index in [0.29, 0.717) is 11.5 Å². The molecule has 1 unspecified atom stereocenters. The van der Waals surface area contributed by atoms with E-state index in [9.17, 15) is 0 Å². The first-order valence-corrected chi connectivity index (χ1v) is 6.06. The maximum absolute atomic E-state index is 4.28. The highest BCUT2D eigenvalue weighted by Crippen LogP contribution is 2.48. The van der Waals surface area contributed by atoms with E-state index >= 15 is 0 Å². The van der Waals surface area contributed by atoms with Crippen LogP contribution in [0.4, 0.5) is 0 Å². The van der Waals surface area contributed by atoms with Crippen LogP contribution in [0.3, 0.4) is 0 Å². The molecule has 0 aromatic carbocycles. The third-order valence-corrected chi connectivity index (χ3v) is 4.21. The van der Waals surface area contributed by atoms with Crippen LogP contribution in [0.5, 0.6) is 0 Å². The van der Waals surface area contributed by atoms with Crippen molar-refractivity contribution in [3.8, 4) is 0 Å². The monoisotopic (exact) mass is 202 g/mol. The van der Waals surface area contributed by atoms with Crippen molar-refractivity contribution in [2.24, 2.45) is 0 Å². The molecule has 80 valence electrons. The summed E-state index contributed by atoms with van der Waals surface area (Å²) in [6, 6.07) is 5.03. The molecule has 0 radical (unpaired) electrons. The first-order chi connectivity index (χ1) is 7.42. The second kappa shape index (κ2) is 3.60. The molecule has 2 heterocycles. The molecule has 1 aliphatic carbocycles. The summed E-state index contributed by atoms with van der Waals surface area (Å²) in [5, 5.41) is 3.67. The van der Waals surface area contributed by atoms with Crippen LogP contribution in [0.1, 0.15) is 37.7 Å². The van der Waals surface area contributed by atoms with E-state index in [0.717, 1.165) is 0 Å². The Morgan fingerprint density at radius 3 is 2.80 bits per heavy atom. The number of hydrogen-bond acceptors (Lipinski definition) is 2. The van der Waals surface area contributed by atoms with Gasteiger partial charge in [0.2, 0.25) is 0 Å². The molecule has 0 spiro atoms. The zero-order valence-electron chi connectivity index (χ0n) is 9.08. The second-order valence-electron chi connectivity index (χ2n) is 4.90. The molecule has 1 N–H and O–H groups in total. The molecule has 1 saturated carbocycles. The number of hydrogen-bond donors (Lipinski definition) is 1. The quantitative estimate of drug-likeness (QED) is 0.795. The van der Waals surface area contributed by atoms with Gasteiger partial charge in [-0.2, -0.15) is 0 Å². The fourth-order valence-corrected chi connectivity index (χ4v) is 3.21. The molecule has 0 amide bonds. The lowest BCUT2D eigenvalue weighted by Crippen LogP contribution is -2.50. The summed E-state index contributed by atoms with van der Waals surface area (Å²) in [7, 11) is 0.